The molecule has 1 rings (SSSR count). The summed E-state index contributed by atoms with van der Waals surface area (Å²) in [4.78, 5) is 14.6. The molecule has 18 heavy (non-hydrogen) atoms. The van der Waals surface area contributed by atoms with Crippen molar-refractivity contribution in [3.63, 3.8) is 0 Å². The molecule has 1 aromatic rings. The van der Waals surface area contributed by atoms with Crippen LogP contribution in [0.25, 0.3) is 0 Å². The molecular formula is C12H16FNO3S. The maximum absolute atomic E-state index is 13.4. The van der Waals surface area contributed by atoms with Crippen LogP contribution < -0.4 is 0 Å². The van der Waals surface area contributed by atoms with Crippen molar-refractivity contribution in [1.82, 2.24) is 4.98 Å². The molecule has 0 radical (unpaired) electrons. The van der Waals surface area contributed by atoms with E-state index in [9.17, 15) is 19.4 Å². The minimum atomic E-state index is -1.38. The van der Waals surface area contributed by atoms with Crippen LogP contribution >= 0.6 is 11.8 Å². The molecule has 0 aromatic carbocycles. The molecule has 0 bridgehead atoms. The number of aliphatic hydroxyl groups is 2. The van der Waals surface area contributed by atoms with E-state index in [1.807, 2.05) is 0 Å². The number of hydrogen-bond acceptors (Lipinski definition) is 5. The van der Waals surface area contributed by atoms with E-state index in [4.69, 9.17) is 0 Å². The topological polar surface area (TPSA) is 70.4 Å². The average Bonchev–Trinajstić information content (AvgIpc) is 2.30. The summed E-state index contributed by atoms with van der Waals surface area (Å²) in [6.07, 6.45) is -2.32. The number of hydrogen-bond donors (Lipinski definition) is 2. The molecule has 2 unspecified atom stereocenters. The molecular weight excluding hydrogens is 257 g/mol. The lowest BCUT2D eigenvalue weighted by Crippen LogP contribution is -2.21. The number of pyridine rings is 1. The Morgan fingerprint density at radius 1 is 1.50 bits per heavy atom. The Morgan fingerprint density at radius 3 is 2.78 bits per heavy atom. The number of carbonyl (C=O) groups is 1. The molecule has 0 aliphatic rings. The molecule has 0 amide bonds. The van der Waals surface area contributed by atoms with Gasteiger partial charge in [0.2, 0.25) is 0 Å². The number of nitrogens with zero attached hydrogens (tertiary/aromatic N) is 1. The van der Waals surface area contributed by atoms with Gasteiger partial charge in [0.05, 0.1) is 6.10 Å². The summed E-state index contributed by atoms with van der Waals surface area (Å²) < 4.78 is 13.4. The molecule has 0 saturated heterocycles. The summed E-state index contributed by atoms with van der Waals surface area (Å²) in [5, 5.41) is 19.5. The first-order valence-electron chi connectivity index (χ1n) is 5.54. The van der Waals surface area contributed by atoms with Crippen molar-refractivity contribution in [2.75, 3.05) is 5.75 Å². The SMILES string of the molecule is CC(=O)SCCC(O)C(O)c1nc(C)ccc1F. The molecule has 0 aliphatic heterocycles. The molecule has 2 atom stereocenters. The zero-order valence-corrected chi connectivity index (χ0v) is 11.1. The normalized spacial score (nSPS) is 14.3. The van der Waals surface area contributed by atoms with Crippen LogP contribution in [0.5, 0.6) is 0 Å². The molecule has 1 aromatic heterocycles. The van der Waals surface area contributed by atoms with Gasteiger partial charge in [-0.15, -0.1) is 0 Å². The molecule has 0 spiro atoms. The Hall–Kier alpha value is -0.980. The van der Waals surface area contributed by atoms with E-state index in [1.165, 1.54) is 19.1 Å². The summed E-state index contributed by atoms with van der Waals surface area (Å²) in [6.45, 7) is 3.10. The minimum absolute atomic E-state index is 0.0587. The lowest BCUT2D eigenvalue weighted by Gasteiger charge is -2.17. The lowest BCUT2D eigenvalue weighted by atomic mass is 10.1. The fraction of sp³-hybridized carbons (Fsp3) is 0.500. The molecule has 4 nitrogen and oxygen atoms in total. The second kappa shape index (κ2) is 6.82. The quantitative estimate of drug-likeness (QED) is 0.852. The van der Waals surface area contributed by atoms with E-state index >= 15 is 0 Å². The summed E-state index contributed by atoms with van der Waals surface area (Å²) in [7, 11) is 0. The zero-order chi connectivity index (χ0) is 13.7. The first kappa shape index (κ1) is 15.1. The van der Waals surface area contributed by atoms with Crippen molar-refractivity contribution in [3.05, 3.63) is 29.3 Å². The van der Waals surface area contributed by atoms with Crippen molar-refractivity contribution >= 4 is 16.9 Å². The van der Waals surface area contributed by atoms with E-state index in [0.29, 0.717) is 11.4 Å². The largest absolute Gasteiger partial charge is 0.390 e. The third-order valence-corrected chi connectivity index (χ3v) is 3.22. The van der Waals surface area contributed by atoms with Crippen LogP contribution in [0, 0.1) is 12.7 Å². The van der Waals surface area contributed by atoms with Crippen LogP contribution in [-0.2, 0) is 4.79 Å². The lowest BCUT2D eigenvalue weighted by molar-refractivity contribution is -0.109. The highest BCUT2D eigenvalue weighted by Crippen LogP contribution is 2.21. The van der Waals surface area contributed by atoms with Crippen molar-refractivity contribution in [2.45, 2.75) is 32.5 Å². The minimum Gasteiger partial charge on any atom is -0.390 e. The van der Waals surface area contributed by atoms with Crippen LogP contribution in [-0.4, -0.2) is 32.2 Å². The van der Waals surface area contributed by atoms with Crippen LogP contribution in [0.4, 0.5) is 4.39 Å². The van der Waals surface area contributed by atoms with Gasteiger partial charge in [0.1, 0.15) is 17.6 Å². The highest BCUT2D eigenvalue weighted by molar-refractivity contribution is 8.13. The number of halogens is 1. The van der Waals surface area contributed by atoms with Gasteiger partial charge < -0.3 is 10.2 Å². The van der Waals surface area contributed by atoms with E-state index in [2.05, 4.69) is 4.98 Å². The van der Waals surface area contributed by atoms with Crippen molar-refractivity contribution in [3.8, 4) is 0 Å². The zero-order valence-electron chi connectivity index (χ0n) is 10.3. The second-order valence-electron chi connectivity index (χ2n) is 3.96. The maximum atomic E-state index is 13.4. The molecule has 1 heterocycles. The van der Waals surface area contributed by atoms with Gasteiger partial charge in [-0.2, -0.15) is 0 Å². The molecule has 6 heteroatoms. The molecule has 2 N–H and O–H groups in total. The summed E-state index contributed by atoms with van der Waals surface area (Å²) >= 11 is 1.06. The van der Waals surface area contributed by atoms with Gasteiger partial charge in [-0.25, -0.2) is 4.39 Å². The first-order chi connectivity index (χ1) is 8.41. The number of aromatic nitrogens is 1. The standard InChI is InChI=1S/C12H16FNO3S/c1-7-3-4-9(13)11(14-7)12(17)10(16)5-6-18-8(2)15/h3-4,10,12,16-17H,5-6H2,1-2H3. The fourth-order valence-corrected chi connectivity index (χ4v) is 2.08. The van der Waals surface area contributed by atoms with Crippen molar-refractivity contribution < 1.29 is 19.4 Å². The number of rotatable bonds is 5. The van der Waals surface area contributed by atoms with Crippen LogP contribution in [0.2, 0.25) is 0 Å². The van der Waals surface area contributed by atoms with Gasteiger partial charge in [0.25, 0.3) is 0 Å². The molecule has 0 saturated carbocycles. The molecule has 100 valence electrons. The van der Waals surface area contributed by atoms with E-state index in [-0.39, 0.29) is 17.2 Å². The van der Waals surface area contributed by atoms with E-state index in [0.717, 1.165) is 11.8 Å². The Kier molecular flexibility index (Phi) is 5.71. The van der Waals surface area contributed by atoms with Gasteiger partial charge >= 0.3 is 0 Å². The second-order valence-corrected chi connectivity index (χ2v) is 5.23. The highest BCUT2D eigenvalue weighted by Gasteiger charge is 2.23. The average molecular weight is 273 g/mol. The Labute approximate surface area is 109 Å². The first-order valence-corrected chi connectivity index (χ1v) is 6.53. The van der Waals surface area contributed by atoms with Gasteiger partial charge in [-0.05, 0) is 25.5 Å². The van der Waals surface area contributed by atoms with Crippen LogP contribution in [0.1, 0.15) is 30.8 Å². The van der Waals surface area contributed by atoms with Crippen molar-refractivity contribution in [2.24, 2.45) is 0 Å². The van der Waals surface area contributed by atoms with Crippen LogP contribution in [0.15, 0.2) is 12.1 Å². The Bertz CT molecular complexity index is 428. The van der Waals surface area contributed by atoms with Crippen LogP contribution in [0.3, 0.4) is 0 Å². The number of aliphatic hydroxyl groups excluding tert-OH is 2. The summed E-state index contributed by atoms with van der Waals surface area (Å²) in [5.41, 5.74) is 0.408. The highest BCUT2D eigenvalue weighted by atomic mass is 32.2. The number of thioether (sulfide) groups is 1. The predicted molar refractivity (Wildman–Crippen MR) is 67.7 cm³/mol. The number of aryl methyl sites for hydroxylation is 1. The van der Waals surface area contributed by atoms with E-state index < -0.39 is 18.0 Å². The van der Waals surface area contributed by atoms with Gasteiger partial charge in [0.15, 0.2) is 5.12 Å². The van der Waals surface area contributed by atoms with E-state index in [1.54, 1.807) is 6.92 Å². The van der Waals surface area contributed by atoms with Gasteiger partial charge in [-0.3, -0.25) is 9.78 Å². The maximum Gasteiger partial charge on any atom is 0.185 e. The van der Waals surface area contributed by atoms with Gasteiger partial charge in [-0.1, -0.05) is 11.8 Å². The Morgan fingerprint density at radius 2 is 2.17 bits per heavy atom. The van der Waals surface area contributed by atoms with Gasteiger partial charge in [0, 0.05) is 18.4 Å². The molecule has 0 fully saturated rings. The Balaban J connectivity index is 2.64. The third-order valence-electron chi connectivity index (χ3n) is 2.38. The fourth-order valence-electron chi connectivity index (χ4n) is 1.43. The summed E-state index contributed by atoms with van der Waals surface area (Å²) in [5.74, 6) is -0.271. The third kappa shape index (κ3) is 4.36. The number of carbonyl (C=O) groups excluding carboxylic acids is 1. The van der Waals surface area contributed by atoms with Crippen molar-refractivity contribution in [1.29, 1.82) is 0 Å². The monoisotopic (exact) mass is 273 g/mol. The molecule has 0 aliphatic carbocycles. The summed E-state index contributed by atoms with van der Waals surface area (Å²) in [6, 6.07) is 2.70. The predicted octanol–water partition coefficient (Wildman–Crippen LogP) is 1.59. The smallest absolute Gasteiger partial charge is 0.185 e.